The molecule has 9 heteroatoms. The van der Waals surface area contributed by atoms with E-state index in [9.17, 15) is 18.0 Å². The third-order valence-corrected chi connectivity index (χ3v) is 3.54. The van der Waals surface area contributed by atoms with E-state index in [0.717, 1.165) is 11.6 Å². The van der Waals surface area contributed by atoms with Crippen molar-refractivity contribution in [2.45, 2.75) is 12.7 Å². The molecule has 0 radical (unpaired) electrons. The standard InChI is InChI=1S/C18H14F3N5O/c19-18(20,21)13-5-1-2-6-14(13)25-17-23-9-7-15(26-17)16(27)24-11-12-4-3-8-22-10-12/h1-10H,11H2,(H,24,27)(H,23,25,26). The molecule has 0 aliphatic carbocycles. The van der Waals surface area contributed by atoms with Gasteiger partial charge >= 0.3 is 6.18 Å². The molecule has 2 N–H and O–H groups in total. The average molecular weight is 373 g/mol. The Hall–Kier alpha value is -3.49. The molecular formula is C18H14F3N5O. The molecule has 0 spiro atoms. The van der Waals surface area contributed by atoms with Gasteiger partial charge < -0.3 is 10.6 Å². The Labute approximate surface area is 152 Å². The zero-order valence-electron chi connectivity index (χ0n) is 13.9. The van der Waals surface area contributed by atoms with Crippen LogP contribution in [0.15, 0.2) is 61.1 Å². The molecule has 27 heavy (non-hydrogen) atoms. The van der Waals surface area contributed by atoms with Gasteiger partial charge in [0.05, 0.1) is 11.3 Å². The lowest BCUT2D eigenvalue weighted by Crippen LogP contribution is -2.24. The molecule has 0 bridgehead atoms. The summed E-state index contributed by atoms with van der Waals surface area (Å²) in [5.74, 6) is -0.589. The Kier molecular flexibility index (Phi) is 5.30. The molecule has 0 atom stereocenters. The van der Waals surface area contributed by atoms with E-state index in [0.29, 0.717) is 0 Å². The summed E-state index contributed by atoms with van der Waals surface area (Å²) in [7, 11) is 0. The fourth-order valence-electron chi connectivity index (χ4n) is 2.28. The lowest BCUT2D eigenvalue weighted by Gasteiger charge is -2.13. The van der Waals surface area contributed by atoms with Gasteiger partial charge in [0, 0.05) is 25.1 Å². The summed E-state index contributed by atoms with van der Waals surface area (Å²) in [5.41, 5.74) is -0.212. The lowest BCUT2D eigenvalue weighted by molar-refractivity contribution is -0.136. The summed E-state index contributed by atoms with van der Waals surface area (Å²) in [4.78, 5) is 24.0. The number of para-hydroxylation sites is 1. The average Bonchev–Trinajstić information content (AvgIpc) is 2.67. The minimum absolute atomic E-state index is 0.0286. The van der Waals surface area contributed by atoms with E-state index >= 15 is 0 Å². The maximum atomic E-state index is 13.1. The van der Waals surface area contributed by atoms with E-state index in [1.165, 1.54) is 30.5 Å². The van der Waals surface area contributed by atoms with Crippen molar-refractivity contribution in [2.24, 2.45) is 0 Å². The molecule has 138 valence electrons. The zero-order valence-corrected chi connectivity index (χ0v) is 13.9. The van der Waals surface area contributed by atoms with Crippen molar-refractivity contribution in [3.8, 4) is 0 Å². The van der Waals surface area contributed by atoms with Crippen molar-refractivity contribution >= 4 is 17.5 Å². The van der Waals surface area contributed by atoms with E-state index < -0.39 is 17.6 Å². The Morgan fingerprint density at radius 1 is 1.04 bits per heavy atom. The highest BCUT2D eigenvalue weighted by atomic mass is 19.4. The molecule has 0 saturated heterocycles. The number of halogens is 3. The first-order valence-corrected chi connectivity index (χ1v) is 7.87. The number of hydrogen-bond donors (Lipinski definition) is 2. The molecule has 0 aliphatic rings. The number of nitrogens with one attached hydrogen (secondary N) is 2. The Morgan fingerprint density at radius 2 is 1.85 bits per heavy atom. The van der Waals surface area contributed by atoms with Crippen LogP contribution in [0.25, 0.3) is 0 Å². The zero-order chi connectivity index (χ0) is 19.3. The lowest BCUT2D eigenvalue weighted by atomic mass is 10.1. The molecular weight excluding hydrogens is 359 g/mol. The predicted octanol–water partition coefficient (Wildman–Crippen LogP) is 3.56. The van der Waals surface area contributed by atoms with Gasteiger partial charge in [-0.1, -0.05) is 18.2 Å². The fraction of sp³-hybridized carbons (Fsp3) is 0.111. The molecule has 2 aromatic heterocycles. The van der Waals surface area contributed by atoms with Crippen molar-refractivity contribution in [1.29, 1.82) is 0 Å². The molecule has 6 nitrogen and oxygen atoms in total. The Balaban J connectivity index is 1.74. The maximum Gasteiger partial charge on any atom is 0.418 e. The number of anilines is 2. The molecule has 3 rings (SSSR count). The summed E-state index contributed by atoms with van der Waals surface area (Å²) in [6.07, 6.45) is 0.000601. The first kappa shape index (κ1) is 18.3. The smallest absolute Gasteiger partial charge is 0.347 e. The van der Waals surface area contributed by atoms with Crippen LogP contribution in [0.2, 0.25) is 0 Å². The predicted molar refractivity (Wildman–Crippen MR) is 92.2 cm³/mol. The first-order chi connectivity index (χ1) is 12.9. The quantitative estimate of drug-likeness (QED) is 0.715. The SMILES string of the molecule is O=C(NCc1cccnc1)c1ccnc(Nc2ccccc2C(F)(F)F)n1. The van der Waals surface area contributed by atoms with Gasteiger partial charge in [-0.25, -0.2) is 9.97 Å². The number of alkyl halides is 3. The molecule has 0 fully saturated rings. The van der Waals surface area contributed by atoms with Crippen molar-refractivity contribution in [2.75, 3.05) is 5.32 Å². The fourth-order valence-corrected chi connectivity index (χ4v) is 2.28. The number of amides is 1. The maximum absolute atomic E-state index is 13.1. The summed E-state index contributed by atoms with van der Waals surface area (Å²) >= 11 is 0. The van der Waals surface area contributed by atoms with Gasteiger partial charge in [-0.3, -0.25) is 9.78 Å². The summed E-state index contributed by atoms with van der Waals surface area (Å²) < 4.78 is 39.2. The molecule has 2 heterocycles. The van der Waals surface area contributed by atoms with Crippen LogP contribution in [0, 0.1) is 0 Å². The number of benzene rings is 1. The van der Waals surface area contributed by atoms with E-state index in [2.05, 4.69) is 25.6 Å². The van der Waals surface area contributed by atoms with Crippen LogP contribution in [0.3, 0.4) is 0 Å². The normalized spacial score (nSPS) is 11.1. The van der Waals surface area contributed by atoms with E-state index in [4.69, 9.17) is 0 Å². The van der Waals surface area contributed by atoms with E-state index in [1.807, 2.05) is 0 Å². The summed E-state index contributed by atoms with van der Waals surface area (Å²) in [6, 6.07) is 9.88. The second-order valence-electron chi connectivity index (χ2n) is 5.48. The highest BCUT2D eigenvalue weighted by Crippen LogP contribution is 2.35. The first-order valence-electron chi connectivity index (χ1n) is 7.87. The molecule has 0 saturated carbocycles. The monoisotopic (exact) mass is 373 g/mol. The van der Waals surface area contributed by atoms with Gasteiger partial charge in [-0.15, -0.1) is 0 Å². The topological polar surface area (TPSA) is 79.8 Å². The number of nitrogens with zero attached hydrogens (tertiary/aromatic N) is 3. The second kappa shape index (κ2) is 7.81. The van der Waals surface area contributed by atoms with Crippen LogP contribution >= 0.6 is 0 Å². The van der Waals surface area contributed by atoms with Crippen LogP contribution in [0.4, 0.5) is 24.8 Å². The molecule has 3 aromatic rings. The van der Waals surface area contributed by atoms with Crippen LogP contribution < -0.4 is 10.6 Å². The molecule has 1 aromatic carbocycles. The molecule has 0 aliphatic heterocycles. The van der Waals surface area contributed by atoms with Gasteiger partial charge in [0.15, 0.2) is 0 Å². The number of carbonyl (C=O) groups is 1. The van der Waals surface area contributed by atoms with Crippen LogP contribution in [-0.4, -0.2) is 20.9 Å². The van der Waals surface area contributed by atoms with Crippen LogP contribution in [-0.2, 0) is 12.7 Å². The van der Waals surface area contributed by atoms with Crippen molar-refractivity contribution in [3.05, 3.63) is 77.9 Å². The number of rotatable bonds is 5. The van der Waals surface area contributed by atoms with Gasteiger partial charge in [0.25, 0.3) is 5.91 Å². The second-order valence-corrected chi connectivity index (χ2v) is 5.48. The highest BCUT2D eigenvalue weighted by Gasteiger charge is 2.33. The largest absolute Gasteiger partial charge is 0.418 e. The molecule has 1 amide bonds. The number of pyridine rings is 1. The van der Waals surface area contributed by atoms with Crippen LogP contribution in [0.1, 0.15) is 21.6 Å². The van der Waals surface area contributed by atoms with Crippen molar-refractivity contribution in [1.82, 2.24) is 20.3 Å². The number of aromatic nitrogens is 3. The van der Waals surface area contributed by atoms with Crippen LogP contribution in [0.5, 0.6) is 0 Å². The van der Waals surface area contributed by atoms with E-state index in [1.54, 1.807) is 24.5 Å². The third kappa shape index (κ3) is 4.78. The summed E-state index contributed by atoms with van der Waals surface area (Å²) in [5, 5.41) is 5.18. The summed E-state index contributed by atoms with van der Waals surface area (Å²) in [6.45, 7) is 0.246. The molecule has 0 unspecified atom stereocenters. The van der Waals surface area contributed by atoms with Gasteiger partial charge in [-0.05, 0) is 29.8 Å². The minimum atomic E-state index is -4.53. The van der Waals surface area contributed by atoms with E-state index in [-0.39, 0.29) is 23.9 Å². The minimum Gasteiger partial charge on any atom is -0.347 e. The van der Waals surface area contributed by atoms with Crippen molar-refractivity contribution in [3.63, 3.8) is 0 Å². The third-order valence-electron chi connectivity index (χ3n) is 3.54. The Bertz CT molecular complexity index is 932. The highest BCUT2D eigenvalue weighted by molar-refractivity contribution is 5.92. The van der Waals surface area contributed by atoms with Gasteiger partial charge in [0.1, 0.15) is 5.69 Å². The number of carbonyl (C=O) groups excluding carboxylic acids is 1. The van der Waals surface area contributed by atoms with Gasteiger partial charge in [-0.2, -0.15) is 13.2 Å². The van der Waals surface area contributed by atoms with Crippen molar-refractivity contribution < 1.29 is 18.0 Å². The Morgan fingerprint density at radius 3 is 2.59 bits per heavy atom. The number of hydrogen-bond acceptors (Lipinski definition) is 5. The van der Waals surface area contributed by atoms with Gasteiger partial charge in [0.2, 0.25) is 5.95 Å².